The van der Waals surface area contributed by atoms with Crippen LogP contribution in [-0.2, 0) is 6.54 Å². The van der Waals surface area contributed by atoms with Gasteiger partial charge in [-0.2, -0.15) is 0 Å². The number of halogens is 1. The summed E-state index contributed by atoms with van der Waals surface area (Å²) >= 11 is 5.97. The molecule has 1 aromatic heterocycles. The van der Waals surface area contributed by atoms with Crippen LogP contribution in [0.4, 0.5) is 0 Å². The largest absolute Gasteiger partial charge is 0.345 e. The normalized spacial score (nSPS) is 17.9. The summed E-state index contributed by atoms with van der Waals surface area (Å²) in [6.45, 7) is 2.28. The van der Waals surface area contributed by atoms with E-state index >= 15 is 0 Å². The molecule has 122 valence electrons. The van der Waals surface area contributed by atoms with Gasteiger partial charge in [0.05, 0.1) is 0 Å². The average molecular weight is 333 g/mol. The quantitative estimate of drug-likeness (QED) is 0.936. The summed E-state index contributed by atoms with van der Waals surface area (Å²) in [4.78, 5) is 24.4. The Hall–Kier alpha value is -1.85. The number of hydrogen-bond acceptors (Lipinski definition) is 3. The Morgan fingerprint density at radius 1 is 1.48 bits per heavy atom. The first-order chi connectivity index (χ1) is 11.0. The Balaban J connectivity index is 1.66. The van der Waals surface area contributed by atoms with Crippen molar-refractivity contribution in [2.75, 3.05) is 27.2 Å². The Bertz CT molecular complexity index is 697. The Morgan fingerprint density at radius 2 is 2.30 bits per heavy atom. The van der Waals surface area contributed by atoms with Crippen molar-refractivity contribution >= 4 is 17.5 Å². The minimum Gasteiger partial charge on any atom is -0.345 e. The van der Waals surface area contributed by atoms with E-state index in [9.17, 15) is 4.79 Å². The van der Waals surface area contributed by atoms with Crippen LogP contribution in [0.2, 0.25) is 5.02 Å². The molecule has 1 aliphatic heterocycles. The summed E-state index contributed by atoms with van der Waals surface area (Å²) in [5.41, 5.74) is 1.75. The van der Waals surface area contributed by atoms with E-state index in [4.69, 9.17) is 11.6 Å². The molecule has 2 heterocycles. The number of nitrogens with zero attached hydrogens (tertiary/aromatic N) is 3. The van der Waals surface area contributed by atoms with Gasteiger partial charge in [0.25, 0.3) is 5.91 Å². The molecule has 0 bridgehead atoms. The lowest BCUT2D eigenvalue weighted by atomic mass is 10.1. The molecule has 1 atom stereocenters. The Labute approximate surface area is 141 Å². The van der Waals surface area contributed by atoms with Crippen molar-refractivity contribution in [3.8, 4) is 0 Å². The lowest BCUT2D eigenvalue weighted by Crippen LogP contribution is -2.28. The van der Waals surface area contributed by atoms with Gasteiger partial charge in [-0.25, -0.2) is 4.98 Å². The number of carbonyl (C=O) groups excluding carboxylic acids is 1. The number of H-pyrrole nitrogens is 1. The average Bonchev–Trinajstić information content (AvgIpc) is 3.14. The van der Waals surface area contributed by atoms with Gasteiger partial charge in [-0.05, 0) is 38.7 Å². The summed E-state index contributed by atoms with van der Waals surface area (Å²) < 4.78 is 0. The van der Waals surface area contributed by atoms with Crippen molar-refractivity contribution in [1.82, 2.24) is 19.8 Å². The van der Waals surface area contributed by atoms with Gasteiger partial charge in [0.15, 0.2) is 0 Å². The summed E-state index contributed by atoms with van der Waals surface area (Å²) in [6, 6.07) is 7.12. The summed E-state index contributed by atoms with van der Waals surface area (Å²) in [7, 11) is 4.06. The van der Waals surface area contributed by atoms with Crippen molar-refractivity contribution in [3.63, 3.8) is 0 Å². The molecule has 0 spiro atoms. The number of rotatable bonds is 4. The van der Waals surface area contributed by atoms with Gasteiger partial charge in [0.1, 0.15) is 5.82 Å². The van der Waals surface area contributed by atoms with Crippen molar-refractivity contribution in [2.45, 2.75) is 18.9 Å². The van der Waals surface area contributed by atoms with Gasteiger partial charge in [-0.15, -0.1) is 0 Å². The molecule has 3 rings (SSSR count). The molecule has 0 saturated carbocycles. The van der Waals surface area contributed by atoms with Gasteiger partial charge < -0.3 is 14.8 Å². The third-order valence-electron chi connectivity index (χ3n) is 4.07. The van der Waals surface area contributed by atoms with Crippen molar-refractivity contribution in [2.24, 2.45) is 0 Å². The number of hydrogen-bond donors (Lipinski definition) is 1. The zero-order chi connectivity index (χ0) is 16.4. The molecule has 23 heavy (non-hydrogen) atoms. The number of aromatic amines is 1. The van der Waals surface area contributed by atoms with Crippen LogP contribution >= 0.6 is 11.6 Å². The van der Waals surface area contributed by atoms with Gasteiger partial charge >= 0.3 is 0 Å². The molecule has 1 aliphatic rings. The zero-order valence-electron chi connectivity index (χ0n) is 13.4. The highest BCUT2D eigenvalue weighted by atomic mass is 35.5. The molecule has 1 fully saturated rings. The van der Waals surface area contributed by atoms with Gasteiger partial charge in [0, 0.05) is 48.0 Å². The first-order valence-electron chi connectivity index (χ1n) is 7.76. The molecule has 6 heteroatoms. The third-order valence-corrected chi connectivity index (χ3v) is 4.30. The fourth-order valence-corrected chi connectivity index (χ4v) is 3.17. The van der Waals surface area contributed by atoms with Gasteiger partial charge in [-0.1, -0.05) is 17.7 Å². The highest BCUT2D eigenvalue weighted by Gasteiger charge is 2.29. The van der Waals surface area contributed by atoms with Crippen LogP contribution < -0.4 is 0 Å². The van der Waals surface area contributed by atoms with Crippen LogP contribution in [0.1, 0.15) is 34.2 Å². The monoisotopic (exact) mass is 332 g/mol. The number of benzene rings is 1. The lowest BCUT2D eigenvalue weighted by Gasteiger charge is -2.16. The van der Waals surface area contributed by atoms with E-state index in [1.807, 2.05) is 37.3 Å². The minimum absolute atomic E-state index is 0.0371. The minimum atomic E-state index is 0.0371. The maximum absolute atomic E-state index is 12.6. The highest BCUT2D eigenvalue weighted by molar-refractivity contribution is 6.30. The molecule has 1 N–H and O–H groups in total. The molecule has 2 aromatic rings. The van der Waals surface area contributed by atoms with E-state index in [-0.39, 0.29) is 11.8 Å². The van der Waals surface area contributed by atoms with Gasteiger partial charge in [-0.3, -0.25) is 4.79 Å². The first-order valence-corrected chi connectivity index (χ1v) is 8.14. The van der Waals surface area contributed by atoms with Crippen LogP contribution in [0.5, 0.6) is 0 Å². The molecular weight excluding hydrogens is 312 g/mol. The van der Waals surface area contributed by atoms with Crippen LogP contribution in [0, 0.1) is 0 Å². The molecule has 1 amide bonds. The second kappa shape index (κ2) is 6.72. The number of imidazole rings is 1. The molecule has 1 aromatic carbocycles. The third kappa shape index (κ3) is 3.74. The lowest BCUT2D eigenvalue weighted by molar-refractivity contribution is 0.0790. The predicted molar refractivity (Wildman–Crippen MR) is 90.7 cm³/mol. The van der Waals surface area contributed by atoms with Gasteiger partial charge in [0.2, 0.25) is 0 Å². The maximum atomic E-state index is 12.6. The second-order valence-corrected chi connectivity index (χ2v) is 6.72. The highest BCUT2D eigenvalue weighted by Crippen LogP contribution is 2.26. The van der Waals surface area contributed by atoms with Crippen molar-refractivity contribution < 1.29 is 4.79 Å². The van der Waals surface area contributed by atoms with E-state index in [1.54, 1.807) is 12.1 Å². The van der Waals surface area contributed by atoms with Crippen LogP contribution in [0.15, 0.2) is 30.5 Å². The summed E-state index contributed by atoms with van der Waals surface area (Å²) in [5, 5.41) is 0.589. The summed E-state index contributed by atoms with van der Waals surface area (Å²) in [6.07, 6.45) is 2.82. The Kier molecular flexibility index (Phi) is 4.68. The number of nitrogens with one attached hydrogen (secondary N) is 1. The predicted octanol–water partition coefficient (Wildman–Crippen LogP) is 2.75. The fraction of sp³-hybridized carbons (Fsp3) is 0.412. The van der Waals surface area contributed by atoms with E-state index in [2.05, 4.69) is 14.9 Å². The van der Waals surface area contributed by atoms with Crippen LogP contribution in [0.25, 0.3) is 0 Å². The van der Waals surface area contributed by atoms with Crippen molar-refractivity contribution in [1.29, 1.82) is 0 Å². The molecule has 5 nitrogen and oxygen atoms in total. The molecular formula is C17H21ClN4O. The SMILES string of the molecule is CN(C)Cc1cnc([C@@H]2CCN(C(=O)c3cccc(Cl)c3)C2)[nH]1. The van der Waals surface area contributed by atoms with E-state index in [0.29, 0.717) is 17.1 Å². The standard InChI is InChI=1S/C17H21ClN4O/c1-21(2)11-15-9-19-16(20-15)13-6-7-22(10-13)17(23)12-4-3-5-14(18)8-12/h3-5,8-9,13H,6-7,10-11H2,1-2H3,(H,19,20)/t13-/m1/s1. The van der Waals surface area contributed by atoms with E-state index < -0.39 is 0 Å². The smallest absolute Gasteiger partial charge is 0.253 e. The second-order valence-electron chi connectivity index (χ2n) is 6.28. The number of aromatic nitrogens is 2. The molecule has 1 saturated heterocycles. The molecule has 0 unspecified atom stereocenters. The topological polar surface area (TPSA) is 52.2 Å². The first kappa shape index (κ1) is 16.0. The molecule has 0 aliphatic carbocycles. The molecule has 0 radical (unpaired) electrons. The Morgan fingerprint density at radius 3 is 3.04 bits per heavy atom. The fourth-order valence-electron chi connectivity index (χ4n) is 2.98. The van der Waals surface area contributed by atoms with E-state index in [1.165, 1.54) is 0 Å². The van der Waals surface area contributed by atoms with Crippen LogP contribution in [0.3, 0.4) is 0 Å². The van der Waals surface area contributed by atoms with E-state index in [0.717, 1.165) is 31.0 Å². The maximum Gasteiger partial charge on any atom is 0.253 e. The zero-order valence-corrected chi connectivity index (χ0v) is 14.2. The summed E-state index contributed by atoms with van der Waals surface area (Å²) in [5.74, 6) is 1.28. The van der Waals surface area contributed by atoms with Crippen molar-refractivity contribution in [3.05, 3.63) is 52.6 Å². The van der Waals surface area contributed by atoms with Crippen LogP contribution in [-0.4, -0.2) is 52.9 Å². The number of amides is 1. The number of carbonyl (C=O) groups is 1. The number of likely N-dealkylation sites (tertiary alicyclic amines) is 1.